The molecule has 2 aromatic rings. The summed E-state index contributed by atoms with van der Waals surface area (Å²) in [6, 6.07) is 12.6. The molecule has 0 bridgehead atoms. The van der Waals surface area contributed by atoms with Crippen LogP contribution in [0.25, 0.3) is 0 Å². The molecule has 178 valence electrons. The zero-order valence-electron chi connectivity index (χ0n) is 18.2. The fraction of sp³-hybridized carbons (Fsp3) is 0.391. The van der Waals surface area contributed by atoms with Crippen molar-refractivity contribution in [2.45, 2.75) is 24.7 Å². The van der Waals surface area contributed by atoms with E-state index in [0.717, 1.165) is 0 Å². The Morgan fingerprint density at radius 2 is 1.73 bits per heavy atom. The summed E-state index contributed by atoms with van der Waals surface area (Å²) >= 11 is 5.89. The summed E-state index contributed by atoms with van der Waals surface area (Å²) in [6.07, 6.45) is 0.738. The Kier molecular flexibility index (Phi) is 8.71. The Morgan fingerprint density at radius 3 is 2.36 bits per heavy atom. The van der Waals surface area contributed by atoms with Gasteiger partial charge in [0.1, 0.15) is 19.0 Å². The Hall–Kier alpha value is -2.62. The van der Waals surface area contributed by atoms with Crippen LogP contribution in [-0.2, 0) is 24.3 Å². The number of benzene rings is 2. The van der Waals surface area contributed by atoms with Crippen LogP contribution in [0.4, 0.5) is 0 Å². The minimum absolute atomic E-state index is 0.0924. The second-order valence-corrected chi connectivity index (χ2v) is 9.77. The summed E-state index contributed by atoms with van der Waals surface area (Å²) < 4.78 is 42.9. The summed E-state index contributed by atoms with van der Waals surface area (Å²) in [5, 5.41) is 0.557. The summed E-state index contributed by atoms with van der Waals surface area (Å²) in [4.78, 5) is 24.2. The van der Waals surface area contributed by atoms with E-state index in [1.165, 1.54) is 28.6 Å². The summed E-state index contributed by atoms with van der Waals surface area (Å²) in [5.74, 6) is -0.638. The van der Waals surface area contributed by atoms with Gasteiger partial charge in [0.2, 0.25) is 10.0 Å². The zero-order chi connectivity index (χ0) is 23.8. The number of ether oxygens (including phenoxy) is 3. The van der Waals surface area contributed by atoms with Crippen molar-refractivity contribution in [3.05, 3.63) is 59.1 Å². The third-order valence-electron chi connectivity index (χ3n) is 5.18. The molecule has 1 aliphatic heterocycles. The molecule has 1 saturated heterocycles. The first kappa shape index (κ1) is 25.0. The van der Waals surface area contributed by atoms with Crippen molar-refractivity contribution in [1.82, 2.24) is 4.31 Å². The molecule has 1 fully saturated rings. The van der Waals surface area contributed by atoms with E-state index in [9.17, 15) is 18.0 Å². The van der Waals surface area contributed by atoms with Crippen LogP contribution in [-0.4, -0.2) is 57.6 Å². The molecule has 33 heavy (non-hydrogen) atoms. The van der Waals surface area contributed by atoms with Crippen LogP contribution in [0.15, 0.2) is 53.4 Å². The Labute approximate surface area is 198 Å². The fourth-order valence-corrected chi connectivity index (χ4v) is 5.08. The van der Waals surface area contributed by atoms with Gasteiger partial charge in [0.15, 0.2) is 0 Å². The molecule has 0 radical (unpaired) electrons. The molecular weight excluding hydrogens is 470 g/mol. The SMILES string of the molecule is CCOC(=O)c1ccc(S(=O)(=O)N2CCC(C(=O)OCCOc3cccc(Cl)c3)CC2)cc1. The average Bonchev–Trinajstić information content (AvgIpc) is 2.82. The summed E-state index contributed by atoms with van der Waals surface area (Å²) in [7, 11) is -3.72. The van der Waals surface area contributed by atoms with E-state index in [1.807, 2.05) is 0 Å². The van der Waals surface area contributed by atoms with Gasteiger partial charge in [0, 0.05) is 18.1 Å². The maximum absolute atomic E-state index is 12.9. The smallest absolute Gasteiger partial charge is 0.338 e. The quantitative estimate of drug-likeness (QED) is 0.387. The van der Waals surface area contributed by atoms with E-state index >= 15 is 0 Å². The highest BCUT2D eigenvalue weighted by molar-refractivity contribution is 7.89. The predicted octanol–water partition coefficient (Wildman–Crippen LogP) is 3.54. The van der Waals surface area contributed by atoms with Gasteiger partial charge in [0.25, 0.3) is 0 Å². The number of rotatable bonds is 9. The molecule has 8 nitrogen and oxygen atoms in total. The lowest BCUT2D eigenvalue weighted by molar-refractivity contribution is -0.150. The maximum Gasteiger partial charge on any atom is 0.338 e. The first-order chi connectivity index (χ1) is 15.8. The van der Waals surface area contributed by atoms with Gasteiger partial charge in [-0.1, -0.05) is 17.7 Å². The number of hydrogen-bond acceptors (Lipinski definition) is 7. The first-order valence-electron chi connectivity index (χ1n) is 10.6. The predicted molar refractivity (Wildman–Crippen MR) is 122 cm³/mol. The van der Waals surface area contributed by atoms with E-state index in [0.29, 0.717) is 23.6 Å². The number of nitrogens with zero attached hydrogens (tertiary/aromatic N) is 1. The molecule has 0 spiro atoms. The molecular formula is C23H26ClNO7S. The number of piperidine rings is 1. The van der Waals surface area contributed by atoms with Gasteiger partial charge in [-0.25, -0.2) is 13.2 Å². The van der Waals surface area contributed by atoms with E-state index in [4.69, 9.17) is 25.8 Å². The molecule has 0 aliphatic carbocycles. The monoisotopic (exact) mass is 495 g/mol. The van der Waals surface area contributed by atoms with Gasteiger partial charge >= 0.3 is 11.9 Å². The number of sulfonamides is 1. The van der Waals surface area contributed by atoms with Crippen LogP contribution >= 0.6 is 11.6 Å². The standard InChI is InChI=1S/C23H26ClNO7S/c1-2-30-22(26)17-6-8-21(9-7-17)33(28,29)25-12-10-18(11-13-25)23(27)32-15-14-31-20-5-3-4-19(24)16-20/h3-9,16,18H,2,10-15H2,1H3. The van der Waals surface area contributed by atoms with Crippen molar-refractivity contribution < 1.29 is 32.2 Å². The van der Waals surface area contributed by atoms with Gasteiger partial charge in [-0.05, 0) is 62.2 Å². The van der Waals surface area contributed by atoms with Crippen LogP contribution in [0.2, 0.25) is 5.02 Å². The van der Waals surface area contributed by atoms with E-state index < -0.39 is 16.0 Å². The largest absolute Gasteiger partial charge is 0.490 e. The van der Waals surface area contributed by atoms with E-state index in [1.54, 1.807) is 31.2 Å². The lowest BCUT2D eigenvalue weighted by atomic mass is 9.98. The molecule has 3 rings (SSSR count). The highest BCUT2D eigenvalue weighted by Crippen LogP contribution is 2.25. The Morgan fingerprint density at radius 1 is 1.03 bits per heavy atom. The molecule has 0 unspecified atom stereocenters. The average molecular weight is 496 g/mol. The van der Waals surface area contributed by atoms with Crippen molar-refractivity contribution in [2.75, 3.05) is 32.9 Å². The molecule has 0 amide bonds. The topological polar surface area (TPSA) is 99.2 Å². The van der Waals surface area contributed by atoms with Crippen molar-refractivity contribution in [3.63, 3.8) is 0 Å². The molecule has 1 heterocycles. The number of carbonyl (C=O) groups is 2. The van der Waals surface area contributed by atoms with E-state index in [-0.39, 0.29) is 55.3 Å². The number of carbonyl (C=O) groups excluding carboxylic acids is 2. The third-order valence-corrected chi connectivity index (χ3v) is 7.33. The molecule has 0 aromatic heterocycles. The number of hydrogen-bond donors (Lipinski definition) is 0. The molecule has 2 aromatic carbocycles. The normalized spacial score (nSPS) is 15.1. The van der Waals surface area contributed by atoms with Crippen LogP contribution in [0.5, 0.6) is 5.75 Å². The van der Waals surface area contributed by atoms with Gasteiger partial charge in [-0.15, -0.1) is 0 Å². The van der Waals surface area contributed by atoms with Crippen molar-refractivity contribution in [1.29, 1.82) is 0 Å². The Balaban J connectivity index is 1.46. The molecule has 1 aliphatic rings. The number of esters is 2. The minimum Gasteiger partial charge on any atom is -0.490 e. The van der Waals surface area contributed by atoms with Crippen LogP contribution in [0, 0.1) is 5.92 Å². The molecule has 0 N–H and O–H groups in total. The van der Waals surface area contributed by atoms with Crippen LogP contribution in [0.3, 0.4) is 0 Å². The number of halogens is 1. The van der Waals surface area contributed by atoms with Crippen LogP contribution < -0.4 is 4.74 Å². The molecule has 0 atom stereocenters. The summed E-state index contributed by atoms with van der Waals surface area (Å²) in [5.41, 5.74) is 0.289. The van der Waals surface area contributed by atoms with Crippen LogP contribution in [0.1, 0.15) is 30.1 Å². The lowest BCUT2D eigenvalue weighted by Gasteiger charge is -2.30. The Bertz CT molecular complexity index is 1060. The van der Waals surface area contributed by atoms with E-state index in [2.05, 4.69) is 0 Å². The zero-order valence-corrected chi connectivity index (χ0v) is 19.8. The molecule has 0 saturated carbocycles. The van der Waals surface area contributed by atoms with Gasteiger partial charge in [-0.3, -0.25) is 4.79 Å². The van der Waals surface area contributed by atoms with Gasteiger partial charge in [-0.2, -0.15) is 4.31 Å². The summed E-state index contributed by atoms with van der Waals surface area (Å²) in [6.45, 7) is 2.65. The molecule has 10 heteroatoms. The van der Waals surface area contributed by atoms with Crippen molar-refractivity contribution >= 4 is 33.6 Å². The van der Waals surface area contributed by atoms with Gasteiger partial charge < -0.3 is 14.2 Å². The van der Waals surface area contributed by atoms with Crippen molar-refractivity contribution in [2.24, 2.45) is 5.92 Å². The van der Waals surface area contributed by atoms with Gasteiger partial charge in [0.05, 0.1) is 23.0 Å². The highest BCUT2D eigenvalue weighted by Gasteiger charge is 2.32. The second-order valence-electron chi connectivity index (χ2n) is 7.40. The maximum atomic E-state index is 12.9. The fourth-order valence-electron chi connectivity index (χ4n) is 3.43. The minimum atomic E-state index is -3.72. The highest BCUT2D eigenvalue weighted by atomic mass is 35.5. The lowest BCUT2D eigenvalue weighted by Crippen LogP contribution is -2.40. The second kappa shape index (κ2) is 11.5. The third kappa shape index (κ3) is 6.69. The van der Waals surface area contributed by atoms with Crippen molar-refractivity contribution in [3.8, 4) is 5.75 Å². The first-order valence-corrected chi connectivity index (χ1v) is 12.5.